The Morgan fingerprint density at radius 3 is 2.33 bits per heavy atom. The van der Waals surface area contributed by atoms with E-state index in [-0.39, 0.29) is 23.5 Å². The molecular weight excluding hydrogens is 484 g/mol. The minimum absolute atomic E-state index is 0.124. The van der Waals surface area contributed by atoms with Crippen molar-refractivity contribution in [3.8, 4) is 28.7 Å². The molecule has 190 valence electrons. The second kappa shape index (κ2) is 9.53. The van der Waals surface area contributed by atoms with Crippen LogP contribution in [0.3, 0.4) is 0 Å². The van der Waals surface area contributed by atoms with Crippen LogP contribution in [0, 0.1) is 12.8 Å². The highest BCUT2D eigenvalue weighted by Gasteiger charge is 2.40. The number of methoxy groups -OCH3 is 2. The predicted octanol–water partition coefficient (Wildman–Crippen LogP) is 3.71. The summed E-state index contributed by atoms with van der Waals surface area (Å²) < 4.78 is 54.6. The van der Waals surface area contributed by atoms with E-state index in [4.69, 9.17) is 23.7 Å². The fourth-order valence-corrected chi connectivity index (χ4v) is 5.55. The van der Waals surface area contributed by atoms with Crippen molar-refractivity contribution < 1.29 is 32.1 Å². The maximum absolute atomic E-state index is 12.9. The monoisotopic (exact) mass is 512 g/mol. The number of rotatable bonds is 7. The minimum Gasteiger partial charge on any atom is -0.493 e. The molecule has 0 radical (unpaired) electrons. The molecule has 2 aliphatic rings. The Balaban J connectivity index is 1.52. The van der Waals surface area contributed by atoms with Crippen LogP contribution in [0.25, 0.3) is 0 Å². The van der Waals surface area contributed by atoms with Crippen LogP contribution >= 0.6 is 0 Å². The van der Waals surface area contributed by atoms with Gasteiger partial charge in [-0.15, -0.1) is 4.83 Å². The Labute approximate surface area is 210 Å². The normalized spacial score (nSPS) is 20.4. The Hall–Kier alpha value is -3.47. The fourth-order valence-electron chi connectivity index (χ4n) is 4.67. The van der Waals surface area contributed by atoms with E-state index < -0.39 is 16.3 Å². The topological polar surface area (TPSA) is 104 Å². The summed E-state index contributed by atoms with van der Waals surface area (Å²) in [7, 11) is -0.640. The minimum atomic E-state index is -3.82. The van der Waals surface area contributed by atoms with Gasteiger partial charge in [0, 0.05) is 29.0 Å². The van der Waals surface area contributed by atoms with Gasteiger partial charge in [-0.1, -0.05) is 36.8 Å². The molecule has 10 heteroatoms. The zero-order chi connectivity index (χ0) is 25.4. The number of hydrogen-bond acceptors (Lipinski definition) is 8. The molecular formula is C26H28N2O7S. The quantitative estimate of drug-likeness (QED) is 0.462. The van der Waals surface area contributed by atoms with E-state index >= 15 is 0 Å². The highest BCUT2D eigenvalue weighted by molar-refractivity contribution is 7.89. The maximum Gasteiger partial charge on any atom is 0.253 e. The Morgan fingerprint density at radius 2 is 1.64 bits per heavy atom. The van der Waals surface area contributed by atoms with Gasteiger partial charge in [0.05, 0.1) is 19.1 Å². The first kappa shape index (κ1) is 24.2. The summed E-state index contributed by atoms with van der Waals surface area (Å²) in [5.74, 6) is 2.47. The Bertz CT molecular complexity index is 1380. The number of para-hydroxylation sites is 1. The molecule has 0 saturated carbocycles. The number of benzene rings is 3. The number of sulfonamides is 1. The van der Waals surface area contributed by atoms with Gasteiger partial charge in [0.25, 0.3) is 10.0 Å². The molecule has 2 heterocycles. The number of hydrogen-bond donors (Lipinski definition) is 2. The largest absolute Gasteiger partial charge is 0.493 e. The van der Waals surface area contributed by atoms with Gasteiger partial charge < -0.3 is 23.7 Å². The molecule has 36 heavy (non-hydrogen) atoms. The van der Waals surface area contributed by atoms with E-state index in [1.165, 1.54) is 0 Å². The van der Waals surface area contributed by atoms with Crippen LogP contribution < -0.4 is 33.9 Å². The fraction of sp³-hybridized carbons (Fsp3) is 0.308. The first-order valence-corrected chi connectivity index (χ1v) is 13.0. The molecule has 0 fully saturated rings. The molecule has 0 spiro atoms. The second-order valence-electron chi connectivity index (χ2n) is 8.76. The van der Waals surface area contributed by atoms with Crippen LogP contribution in [0.1, 0.15) is 29.5 Å². The molecule has 3 atom stereocenters. The van der Waals surface area contributed by atoms with Crippen molar-refractivity contribution in [2.75, 3.05) is 21.0 Å². The summed E-state index contributed by atoms with van der Waals surface area (Å²) in [5, 5.41) is 0. The number of hydrazine groups is 1. The van der Waals surface area contributed by atoms with E-state index in [2.05, 4.69) is 10.3 Å². The summed E-state index contributed by atoms with van der Waals surface area (Å²) in [6.45, 7) is 4.00. The summed E-state index contributed by atoms with van der Waals surface area (Å²) in [4.78, 5) is 2.64. The predicted molar refractivity (Wildman–Crippen MR) is 132 cm³/mol. The highest BCUT2D eigenvalue weighted by Crippen LogP contribution is 2.51. The van der Waals surface area contributed by atoms with Crippen LogP contribution in [0.5, 0.6) is 28.7 Å². The van der Waals surface area contributed by atoms with Crippen LogP contribution in [0.15, 0.2) is 59.5 Å². The van der Waals surface area contributed by atoms with Crippen molar-refractivity contribution in [1.82, 2.24) is 10.3 Å². The molecule has 0 saturated heterocycles. The Morgan fingerprint density at radius 1 is 0.917 bits per heavy atom. The van der Waals surface area contributed by atoms with Gasteiger partial charge in [-0.25, -0.2) is 13.8 Å². The molecule has 0 bridgehead atoms. The molecule has 0 amide bonds. The lowest BCUT2D eigenvalue weighted by atomic mass is 9.78. The average Bonchev–Trinajstić information content (AvgIpc) is 3.33. The summed E-state index contributed by atoms with van der Waals surface area (Å²) >= 11 is 0. The standard InChI is InChI=1S/C26H28N2O7S/c1-15-8-10-17(11-9-15)36(29,30)28-27-26-16(2)24(18-6-5-7-20(31-3)25(18)32-4)19-12-22-23(34-14-33-22)13-21(19)35-26/h5-13,16,24,26-28H,14H2,1-4H3/t16-,24+,26-/m0/s1. The van der Waals surface area contributed by atoms with Crippen molar-refractivity contribution in [2.24, 2.45) is 5.92 Å². The van der Waals surface area contributed by atoms with E-state index in [1.54, 1.807) is 44.6 Å². The van der Waals surface area contributed by atoms with Crippen molar-refractivity contribution in [1.29, 1.82) is 0 Å². The molecule has 3 aromatic rings. The van der Waals surface area contributed by atoms with Crippen LogP contribution in [0.4, 0.5) is 0 Å². The number of ether oxygens (including phenoxy) is 5. The lowest BCUT2D eigenvalue weighted by Gasteiger charge is -2.39. The van der Waals surface area contributed by atoms with Crippen LogP contribution in [0.2, 0.25) is 0 Å². The van der Waals surface area contributed by atoms with Gasteiger partial charge in [-0.2, -0.15) is 0 Å². The summed E-state index contributed by atoms with van der Waals surface area (Å²) in [5.41, 5.74) is 5.61. The number of aryl methyl sites for hydroxylation is 1. The van der Waals surface area contributed by atoms with E-state index in [0.717, 1.165) is 16.7 Å². The zero-order valence-corrected chi connectivity index (χ0v) is 21.2. The highest BCUT2D eigenvalue weighted by atomic mass is 32.2. The lowest BCUT2D eigenvalue weighted by molar-refractivity contribution is 0.0732. The first-order chi connectivity index (χ1) is 17.3. The van der Waals surface area contributed by atoms with Crippen molar-refractivity contribution in [2.45, 2.75) is 30.9 Å². The third-order valence-corrected chi connectivity index (χ3v) is 7.81. The maximum atomic E-state index is 12.9. The van der Waals surface area contributed by atoms with Gasteiger partial charge in [0.2, 0.25) is 6.79 Å². The SMILES string of the molecule is COc1cccc([C@@H]2c3cc4c(cc3O[C@H](NNS(=O)(=O)c3ccc(C)cc3)[C@H]2C)OCO4)c1OC. The van der Waals surface area contributed by atoms with Gasteiger partial charge in [0.1, 0.15) is 5.75 Å². The molecule has 2 aliphatic heterocycles. The number of fused-ring (bicyclic) bond motifs is 2. The summed E-state index contributed by atoms with van der Waals surface area (Å²) in [6.07, 6.45) is -0.709. The van der Waals surface area contributed by atoms with Gasteiger partial charge in [0.15, 0.2) is 29.2 Å². The summed E-state index contributed by atoms with van der Waals surface area (Å²) in [6, 6.07) is 16.0. The van der Waals surface area contributed by atoms with Crippen molar-refractivity contribution in [3.05, 3.63) is 71.3 Å². The second-order valence-corrected chi connectivity index (χ2v) is 10.4. The molecule has 5 rings (SSSR count). The molecule has 3 aromatic carbocycles. The first-order valence-electron chi connectivity index (χ1n) is 11.5. The van der Waals surface area contributed by atoms with Crippen molar-refractivity contribution in [3.63, 3.8) is 0 Å². The zero-order valence-electron chi connectivity index (χ0n) is 20.4. The molecule has 0 unspecified atom stereocenters. The third kappa shape index (κ3) is 4.32. The van der Waals surface area contributed by atoms with Gasteiger partial charge >= 0.3 is 0 Å². The van der Waals surface area contributed by atoms with E-state index in [9.17, 15) is 8.42 Å². The van der Waals surface area contributed by atoms with E-state index in [1.807, 2.05) is 38.1 Å². The smallest absolute Gasteiger partial charge is 0.253 e. The average molecular weight is 513 g/mol. The third-order valence-electron chi connectivity index (χ3n) is 6.53. The lowest BCUT2D eigenvalue weighted by Crippen LogP contribution is -2.52. The van der Waals surface area contributed by atoms with Crippen LogP contribution in [-0.2, 0) is 10.0 Å². The number of nitrogens with one attached hydrogen (secondary N) is 2. The molecule has 0 aliphatic carbocycles. The molecule has 2 N–H and O–H groups in total. The van der Waals surface area contributed by atoms with Crippen LogP contribution in [-0.4, -0.2) is 35.7 Å². The molecule has 0 aromatic heterocycles. The van der Waals surface area contributed by atoms with E-state index in [0.29, 0.717) is 28.7 Å². The van der Waals surface area contributed by atoms with Gasteiger partial charge in [-0.05, 0) is 31.2 Å². The van der Waals surface area contributed by atoms with Crippen molar-refractivity contribution >= 4 is 10.0 Å². The Kier molecular flexibility index (Phi) is 6.42. The molecule has 9 nitrogen and oxygen atoms in total. The van der Waals surface area contributed by atoms with Gasteiger partial charge in [-0.3, -0.25) is 0 Å².